The van der Waals surface area contributed by atoms with Gasteiger partial charge in [0.1, 0.15) is 5.56 Å². The number of rotatable bonds is 4. The molecule has 10 nitrogen and oxygen atoms in total. The number of nitro benzene ring substituents is 2. The molecule has 0 unspecified atom stereocenters. The van der Waals surface area contributed by atoms with E-state index in [2.05, 4.69) is 0 Å². The largest absolute Gasteiger partial charge is 0.478 e. The minimum Gasteiger partial charge on any atom is -0.478 e. The van der Waals surface area contributed by atoms with Crippen molar-refractivity contribution in [1.29, 1.82) is 0 Å². The van der Waals surface area contributed by atoms with E-state index in [1.54, 1.807) is 0 Å². The third-order valence-corrected chi connectivity index (χ3v) is 3.39. The molecule has 10 heteroatoms. The molecule has 0 aliphatic heterocycles. The van der Waals surface area contributed by atoms with Gasteiger partial charge in [-0.3, -0.25) is 20.2 Å². The van der Waals surface area contributed by atoms with E-state index in [1.165, 1.54) is 50.2 Å². The van der Waals surface area contributed by atoms with Crippen molar-refractivity contribution in [2.75, 3.05) is 0 Å². The zero-order valence-electron chi connectivity index (χ0n) is 13.7. The van der Waals surface area contributed by atoms with Gasteiger partial charge in [-0.1, -0.05) is 18.2 Å². The summed E-state index contributed by atoms with van der Waals surface area (Å²) in [5.41, 5.74) is -0.240. The Morgan fingerprint density at radius 1 is 0.846 bits per heavy atom. The summed E-state index contributed by atoms with van der Waals surface area (Å²) >= 11 is 0. The summed E-state index contributed by atoms with van der Waals surface area (Å²) in [5.74, 6) is -2.42. The van der Waals surface area contributed by atoms with Crippen LogP contribution in [0.25, 0.3) is 0 Å². The molecular weight excluding hydrogens is 348 g/mol. The Hall–Kier alpha value is -3.82. The highest BCUT2D eigenvalue weighted by molar-refractivity contribution is 5.94. The molecular formula is C16H14N2O8. The van der Waals surface area contributed by atoms with Crippen molar-refractivity contribution < 1.29 is 29.6 Å². The van der Waals surface area contributed by atoms with Crippen molar-refractivity contribution in [3.63, 3.8) is 0 Å². The van der Waals surface area contributed by atoms with Crippen molar-refractivity contribution in [3.05, 3.63) is 78.9 Å². The molecule has 2 aromatic rings. The molecule has 136 valence electrons. The fraction of sp³-hybridized carbons (Fsp3) is 0.125. The van der Waals surface area contributed by atoms with Gasteiger partial charge in [0.25, 0.3) is 11.4 Å². The summed E-state index contributed by atoms with van der Waals surface area (Å²) in [6.07, 6.45) is 0. The highest BCUT2D eigenvalue weighted by Crippen LogP contribution is 2.21. The first-order valence-corrected chi connectivity index (χ1v) is 7.02. The average molecular weight is 362 g/mol. The summed E-state index contributed by atoms with van der Waals surface area (Å²) < 4.78 is 0. The highest BCUT2D eigenvalue weighted by atomic mass is 16.6. The van der Waals surface area contributed by atoms with Crippen molar-refractivity contribution >= 4 is 23.3 Å². The fourth-order valence-electron chi connectivity index (χ4n) is 2.14. The van der Waals surface area contributed by atoms with E-state index in [9.17, 15) is 29.8 Å². The number of hydrogen-bond donors (Lipinski definition) is 2. The predicted octanol–water partition coefficient (Wildman–Crippen LogP) is 3.20. The number of benzene rings is 2. The SMILES string of the molecule is Cc1c(C(=O)O)cccc1[N+](=O)[O-].Cc1cccc([N+](=O)[O-])c1C(=O)O. The van der Waals surface area contributed by atoms with E-state index in [-0.39, 0.29) is 28.1 Å². The van der Waals surface area contributed by atoms with Crippen LogP contribution in [-0.2, 0) is 0 Å². The number of aromatic carboxylic acids is 2. The fourth-order valence-corrected chi connectivity index (χ4v) is 2.14. The van der Waals surface area contributed by atoms with Gasteiger partial charge in [-0.05, 0) is 25.5 Å². The molecule has 0 amide bonds. The molecule has 0 fully saturated rings. The molecule has 0 aliphatic carbocycles. The van der Waals surface area contributed by atoms with Gasteiger partial charge in [0, 0.05) is 17.7 Å². The number of aryl methyl sites for hydroxylation is 1. The van der Waals surface area contributed by atoms with Crippen LogP contribution in [0.1, 0.15) is 31.8 Å². The van der Waals surface area contributed by atoms with Gasteiger partial charge in [-0.25, -0.2) is 9.59 Å². The van der Waals surface area contributed by atoms with Crippen LogP contribution in [0.3, 0.4) is 0 Å². The van der Waals surface area contributed by atoms with E-state index in [4.69, 9.17) is 10.2 Å². The van der Waals surface area contributed by atoms with Gasteiger partial charge in [0.2, 0.25) is 0 Å². The maximum Gasteiger partial charge on any atom is 0.343 e. The molecule has 0 atom stereocenters. The molecule has 0 bridgehead atoms. The van der Waals surface area contributed by atoms with Crippen molar-refractivity contribution in [3.8, 4) is 0 Å². The lowest BCUT2D eigenvalue weighted by Gasteiger charge is -2.00. The van der Waals surface area contributed by atoms with Gasteiger partial charge in [0.15, 0.2) is 0 Å². The zero-order chi connectivity index (χ0) is 20.0. The zero-order valence-corrected chi connectivity index (χ0v) is 13.7. The van der Waals surface area contributed by atoms with Crippen LogP contribution in [0.2, 0.25) is 0 Å². The van der Waals surface area contributed by atoms with Gasteiger partial charge < -0.3 is 10.2 Å². The standard InChI is InChI=1S/2C8H7NO4/c1-5-6(8(10)11)3-2-4-7(5)9(12)13;1-5-3-2-4-6(9(12)13)7(5)8(10)11/h2*2-4H,1H3,(H,10,11). The van der Waals surface area contributed by atoms with Gasteiger partial charge in [-0.15, -0.1) is 0 Å². The Morgan fingerprint density at radius 2 is 1.35 bits per heavy atom. The van der Waals surface area contributed by atoms with E-state index < -0.39 is 21.8 Å². The number of hydrogen-bond acceptors (Lipinski definition) is 6. The number of carboxylic acids is 2. The second-order valence-electron chi connectivity index (χ2n) is 5.04. The first-order chi connectivity index (χ1) is 12.1. The molecule has 2 N–H and O–H groups in total. The third-order valence-electron chi connectivity index (χ3n) is 3.39. The molecule has 0 saturated carbocycles. The minimum atomic E-state index is -1.27. The van der Waals surface area contributed by atoms with Crippen LogP contribution in [0, 0.1) is 34.1 Å². The normalized spacial score (nSPS) is 9.62. The topological polar surface area (TPSA) is 161 Å². The van der Waals surface area contributed by atoms with Crippen LogP contribution in [0.4, 0.5) is 11.4 Å². The lowest BCUT2D eigenvalue weighted by atomic mass is 10.1. The second-order valence-corrected chi connectivity index (χ2v) is 5.04. The third kappa shape index (κ3) is 4.60. The number of carboxylic acid groups (broad SMARTS) is 2. The van der Waals surface area contributed by atoms with Gasteiger partial charge >= 0.3 is 11.9 Å². The maximum atomic E-state index is 10.6. The van der Waals surface area contributed by atoms with Crippen LogP contribution in [0.5, 0.6) is 0 Å². The molecule has 0 spiro atoms. The lowest BCUT2D eigenvalue weighted by Crippen LogP contribution is -2.04. The molecule has 0 saturated heterocycles. The Kier molecular flexibility index (Phi) is 6.48. The number of nitrogens with zero attached hydrogens (tertiary/aromatic N) is 2. The Morgan fingerprint density at radius 3 is 1.77 bits per heavy atom. The van der Waals surface area contributed by atoms with Crippen molar-refractivity contribution in [2.45, 2.75) is 13.8 Å². The van der Waals surface area contributed by atoms with E-state index in [0.717, 1.165) is 0 Å². The van der Waals surface area contributed by atoms with Crippen LogP contribution >= 0.6 is 0 Å². The van der Waals surface area contributed by atoms with Crippen LogP contribution in [-0.4, -0.2) is 32.0 Å². The monoisotopic (exact) mass is 362 g/mol. The maximum absolute atomic E-state index is 10.6. The number of nitro groups is 2. The second kappa shape index (κ2) is 8.33. The first-order valence-electron chi connectivity index (χ1n) is 7.02. The average Bonchev–Trinajstić information content (AvgIpc) is 2.54. The summed E-state index contributed by atoms with van der Waals surface area (Å²) in [5, 5.41) is 38.2. The highest BCUT2D eigenvalue weighted by Gasteiger charge is 2.21. The van der Waals surface area contributed by atoms with Crippen molar-refractivity contribution in [2.24, 2.45) is 0 Å². The lowest BCUT2D eigenvalue weighted by molar-refractivity contribution is -0.385. The predicted molar refractivity (Wildman–Crippen MR) is 89.6 cm³/mol. The van der Waals surface area contributed by atoms with Crippen LogP contribution in [0.15, 0.2) is 36.4 Å². The molecule has 26 heavy (non-hydrogen) atoms. The first kappa shape index (κ1) is 20.2. The molecule has 0 aromatic heterocycles. The smallest absolute Gasteiger partial charge is 0.343 e. The minimum absolute atomic E-state index is 0.0331. The van der Waals surface area contributed by atoms with Crippen LogP contribution < -0.4 is 0 Å². The molecule has 2 rings (SSSR count). The Balaban J connectivity index is 0.000000260. The molecule has 0 radical (unpaired) electrons. The summed E-state index contributed by atoms with van der Waals surface area (Å²) in [4.78, 5) is 40.8. The van der Waals surface area contributed by atoms with Gasteiger partial charge in [-0.2, -0.15) is 0 Å². The van der Waals surface area contributed by atoms with E-state index in [1.807, 2.05) is 0 Å². The number of carbonyl (C=O) groups is 2. The quantitative estimate of drug-likeness (QED) is 0.619. The van der Waals surface area contributed by atoms with E-state index >= 15 is 0 Å². The molecule has 2 aromatic carbocycles. The Labute approximate surface area is 146 Å². The summed E-state index contributed by atoms with van der Waals surface area (Å²) in [6.45, 7) is 2.94. The molecule has 0 aliphatic rings. The van der Waals surface area contributed by atoms with Gasteiger partial charge in [0.05, 0.1) is 15.4 Å². The summed E-state index contributed by atoms with van der Waals surface area (Å²) in [7, 11) is 0. The molecule has 0 heterocycles. The summed E-state index contributed by atoms with van der Waals surface area (Å²) in [6, 6.07) is 8.13. The van der Waals surface area contributed by atoms with Crippen molar-refractivity contribution in [1.82, 2.24) is 0 Å². The van der Waals surface area contributed by atoms with E-state index in [0.29, 0.717) is 5.56 Å². The Bertz CT molecular complexity index is 860.